The summed E-state index contributed by atoms with van der Waals surface area (Å²) in [6.45, 7) is 8.51. The van der Waals surface area contributed by atoms with Crippen molar-refractivity contribution in [2.75, 3.05) is 19.7 Å². The Balaban J connectivity index is 2.01. The highest BCUT2D eigenvalue weighted by molar-refractivity contribution is 5.68. The van der Waals surface area contributed by atoms with Crippen LogP contribution < -0.4 is 4.74 Å². The monoisotopic (exact) mass is 297 g/mol. The predicted octanol–water partition coefficient (Wildman–Crippen LogP) is 1.43. The number of carbonyl (C=O) groups is 1. The summed E-state index contributed by atoms with van der Waals surface area (Å²) in [7, 11) is 0. The van der Waals surface area contributed by atoms with E-state index in [2.05, 4.69) is 5.10 Å². The Bertz CT molecular complexity index is 495. The number of ether oxygens (including phenoxy) is 2. The van der Waals surface area contributed by atoms with Gasteiger partial charge < -0.3 is 19.5 Å². The topological polar surface area (TPSA) is 76.8 Å². The molecule has 1 fully saturated rings. The van der Waals surface area contributed by atoms with Gasteiger partial charge in [-0.05, 0) is 27.7 Å². The quantitative estimate of drug-likeness (QED) is 0.913. The molecule has 7 heteroatoms. The number of likely N-dealkylation sites (tertiary alicyclic amines) is 1. The molecule has 0 bridgehead atoms. The van der Waals surface area contributed by atoms with Crippen LogP contribution >= 0.6 is 0 Å². The van der Waals surface area contributed by atoms with Crippen LogP contribution in [0.2, 0.25) is 0 Å². The molecule has 1 aromatic heterocycles. The van der Waals surface area contributed by atoms with Crippen molar-refractivity contribution < 1.29 is 19.4 Å². The van der Waals surface area contributed by atoms with Crippen LogP contribution in [-0.2, 0) is 4.74 Å². The number of nitrogens with zero attached hydrogens (tertiary/aromatic N) is 3. The number of amides is 1. The number of rotatable bonds is 3. The minimum atomic E-state index is -0.674. The summed E-state index contributed by atoms with van der Waals surface area (Å²) in [6, 6.07) is -0.285. The van der Waals surface area contributed by atoms with Gasteiger partial charge in [0.05, 0.1) is 37.7 Å². The molecule has 2 rings (SSSR count). The zero-order chi connectivity index (χ0) is 15.6. The molecule has 1 saturated heterocycles. The highest BCUT2D eigenvalue weighted by Crippen LogP contribution is 2.25. The maximum absolute atomic E-state index is 12.0. The molecule has 2 heterocycles. The van der Waals surface area contributed by atoms with Crippen molar-refractivity contribution in [3.63, 3.8) is 0 Å². The van der Waals surface area contributed by atoms with E-state index in [-0.39, 0.29) is 12.6 Å². The van der Waals surface area contributed by atoms with Crippen LogP contribution in [0.5, 0.6) is 5.75 Å². The number of aliphatic hydroxyl groups excluding tert-OH is 1. The van der Waals surface area contributed by atoms with Crippen LogP contribution in [0, 0.1) is 0 Å². The summed E-state index contributed by atoms with van der Waals surface area (Å²) >= 11 is 0. The van der Waals surface area contributed by atoms with Crippen LogP contribution in [0.25, 0.3) is 0 Å². The van der Waals surface area contributed by atoms with Gasteiger partial charge in [0.1, 0.15) is 5.60 Å². The van der Waals surface area contributed by atoms with E-state index in [9.17, 15) is 9.90 Å². The van der Waals surface area contributed by atoms with Gasteiger partial charge >= 0.3 is 6.09 Å². The smallest absolute Gasteiger partial charge is 0.410 e. The lowest BCUT2D eigenvalue weighted by Crippen LogP contribution is -2.35. The van der Waals surface area contributed by atoms with Gasteiger partial charge in [-0.3, -0.25) is 4.68 Å². The Labute approximate surface area is 124 Å². The first-order chi connectivity index (χ1) is 9.80. The minimum absolute atomic E-state index is 0.239. The summed E-state index contributed by atoms with van der Waals surface area (Å²) in [5.74, 6) is 0.653. The molecule has 1 aromatic rings. The second-order valence-corrected chi connectivity index (χ2v) is 6.11. The lowest BCUT2D eigenvalue weighted by molar-refractivity contribution is 0.0270. The molecule has 2 unspecified atom stereocenters. The SMILES string of the molecule is CCOc1cnn(C2CN(C(=O)OC(C)(C)C)CC2O)c1. The zero-order valence-corrected chi connectivity index (χ0v) is 12.9. The predicted molar refractivity (Wildman–Crippen MR) is 76.2 cm³/mol. The van der Waals surface area contributed by atoms with Crippen molar-refractivity contribution >= 4 is 6.09 Å². The Morgan fingerprint density at radius 3 is 2.81 bits per heavy atom. The van der Waals surface area contributed by atoms with Crippen LogP contribution in [0.1, 0.15) is 33.7 Å². The van der Waals surface area contributed by atoms with Gasteiger partial charge in [0.15, 0.2) is 5.75 Å². The maximum Gasteiger partial charge on any atom is 0.410 e. The second-order valence-electron chi connectivity index (χ2n) is 6.11. The Hall–Kier alpha value is -1.76. The molecule has 1 N–H and O–H groups in total. The van der Waals surface area contributed by atoms with Crippen LogP contribution in [0.3, 0.4) is 0 Å². The van der Waals surface area contributed by atoms with Crippen LogP contribution in [0.15, 0.2) is 12.4 Å². The number of carbonyl (C=O) groups excluding carboxylic acids is 1. The van der Waals surface area contributed by atoms with Gasteiger partial charge in [0.2, 0.25) is 0 Å². The van der Waals surface area contributed by atoms with Crippen molar-refractivity contribution in [3.05, 3.63) is 12.4 Å². The molecule has 0 aliphatic carbocycles. The third kappa shape index (κ3) is 3.87. The van der Waals surface area contributed by atoms with Gasteiger partial charge in [0, 0.05) is 6.54 Å². The van der Waals surface area contributed by atoms with Gasteiger partial charge in [0.25, 0.3) is 0 Å². The summed E-state index contributed by atoms with van der Waals surface area (Å²) < 4.78 is 12.3. The van der Waals surface area contributed by atoms with E-state index < -0.39 is 17.8 Å². The number of hydrogen-bond acceptors (Lipinski definition) is 5. The second kappa shape index (κ2) is 5.93. The minimum Gasteiger partial charge on any atom is -0.491 e. The summed E-state index contributed by atoms with van der Waals surface area (Å²) in [5, 5.41) is 14.3. The van der Waals surface area contributed by atoms with E-state index in [1.165, 1.54) is 4.90 Å². The van der Waals surface area contributed by atoms with E-state index in [1.807, 2.05) is 27.7 Å². The van der Waals surface area contributed by atoms with Gasteiger partial charge in [-0.15, -0.1) is 0 Å². The highest BCUT2D eigenvalue weighted by atomic mass is 16.6. The fourth-order valence-electron chi connectivity index (χ4n) is 2.25. The first-order valence-corrected chi connectivity index (χ1v) is 7.13. The molecular weight excluding hydrogens is 274 g/mol. The Morgan fingerprint density at radius 1 is 1.48 bits per heavy atom. The summed E-state index contributed by atoms with van der Waals surface area (Å²) in [4.78, 5) is 13.5. The van der Waals surface area contributed by atoms with Crippen LogP contribution in [-0.4, -0.2) is 57.3 Å². The largest absolute Gasteiger partial charge is 0.491 e. The van der Waals surface area contributed by atoms with E-state index in [4.69, 9.17) is 9.47 Å². The van der Waals surface area contributed by atoms with E-state index in [0.717, 1.165) is 0 Å². The lowest BCUT2D eigenvalue weighted by atomic mass is 10.2. The third-order valence-electron chi connectivity index (χ3n) is 3.14. The average molecular weight is 297 g/mol. The number of hydrogen-bond donors (Lipinski definition) is 1. The van der Waals surface area contributed by atoms with Gasteiger partial charge in [-0.25, -0.2) is 4.79 Å². The number of β-amino-alcohol motifs (C(OH)–C–C–N with tert-alkyl or cyclic N) is 1. The molecule has 7 nitrogen and oxygen atoms in total. The summed E-state index contributed by atoms with van der Waals surface area (Å²) in [6.07, 6.45) is 2.25. The molecule has 1 aliphatic heterocycles. The molecule has 0 aromatic carbocycles. The van der Waals surface area contributed by atoms with Crippen LogP contribution in [0.4, 0.5) is 4.79 Å². The maximum atomic E-state index is 12.0. The first-order valence-electron chi connectivity index (χ1n) is 7.13. The van der Waals surface area contributed by atoms with Gasteiger partial charge in [-0.2, -0.15) is 5.10 Å². The molecule has 118 valence electrons. The molecule has 0 spiro atoms. The number of aromatic nitrogens is 2. The molecule has 0 radical (unpaired) electrons. The standard InChI is InChI=1S/C14H23N3O4/c1-5-20-10-6-15-17(7-10)11-8-16(9-12(11)18)13(19)21-14(2,3)4/h6-7,11-12,18H,5,8-9H2,1-4H3. The number of aliphatic hydroxyl groups is 1. The van der Waals surface area contributed by atoms with Crippen molar-refractivity contribution in [2.24, 2.45) is 0 Å². The van der Waals surface area contributed by atoms with Crippen molar-refractivity contribution in [1.29, 1.82) is 0 Å². The lowest BCUT2D eigenvalue weighted by Gasteiger charge is -2.24. The third-order valence-corrected chi connectivity index (χ3v) is 3.14. The summed E-state index contributed by atoms with van der Waals surface area (Å²) in [5.41, 5.74) is -0.548. The van der Waals surface area contributed by atoms with Crippen molar-refractivity contribution in [2.45, 2.75) is 45.4 Å². The molecule has 0 saturated carbocycles. The highest BCUT2D eigenvalue weighted by Gasteiger charge is 2.37. The normalized spacial score (nSPS) is 22.4. The molecular formula is C14H23N3O4. The molecule has 2 atom stereocenters. The Morgan fingerprint density at radius 2 is 2.19 bits per heavy atom. The molecule has 21 heavy (non-hydrogen) atoms. The van der Waals surface area contributed by atoms with E-state index in [1.54, 1.807) is 17.1 Å². The molecule has 1 aliphatic rings. The zero-order valence-electron chi connectivity index (χ0n) is 12.9. The van der Waals surface area contributed by atoms with Crippen molar-refractivity contribution in [3.8, 4) is 5.75 Å². The fraction of sp³-hybridized carbons (Fsp3) is 0.714. The average Bonchev–Trinajstić information content (AvgIpc) is 2.94. The van der Waals surface area contributed by atoms with Gasteiger partial charge in [-0.1, -0.05) is 0 Å². The Kier molecular flexibility index (Phi) is 4.41. The molecule has 1 amide bonds. The first kappa shape index (κ1) is 15.6. The van der Waals surface area contributed by atoms with E-state index in [0.29, 0.717) is 18.9 Å². The van der Waals surface area contributed by atoms with E-state index >= 15 is 0 Å². The fourth-order valence-corrected chi connectivity index (χ4v) is 2.25. The van der Waals surface area contributed by atoms with Crippen molar-refractivity contribution in [1.82, 2.24) is 14.7 Å².